The van der Waals surface area contributed by atoms with Crippen molar-refractivity contribution in [1.82, 2.24) is 15.0 Å². The number of pyridine rings is 1. The second-order valence-corrected chi connectivity index (χ2v) is 4.48. The average Bonchev–Trinajstić information content (AvgIpc) is 2.99. The van der Waals surface area contributed by atoms with Crippen molar-refractivity contribution < 1.29 is 8.81 Å². The highest BCUT2D eigenvalue weighted by molar-refractivity contribution is 5.96. The molecule has 0 amide bonds. The summed E-state index contributed by atoms with van der Waals surface area (Å²) in [5.74, 6) is -0.832. The van der Waals surface area contributed by atoms with E-state index in [1.807, 2.05) is 0 Å². The van der Waals surface area contributed by atoms with Crippen LogP contribution in [-0.2, 0) is 0 Å². The Bertz CT molecular complexity index is 996. The lowest BCUT2D eigenvalue weighted by Gasteiger charge is -1.98. The smallest absolute Gasteiger partial charge is 0.406 e. The second-order valence-electron chi connectivity index (χ2n) is 4.48. The normalized spacial score (nSPS) is 11.4. The number of H-pyrrole nitrogens is 2. The maximum Gasteiger partial charge on any atom is 0.418 e. The Morgan fingerprint density at radius 1 is 1.25 bits per heavy atom. The van der Waals surface area contributed by atoms with Gasteiger partial charge in [-0.25, -0.2) is 14.2 Å². The van der Waals surface area contributed by atoms with Crippen LogP contribution in [0.4, 0.5) is 4.39 Å². The number of oxazole rings is 1. The maximum absolute atomic E-state index is 13.2. The van der Waals surface area contributed by atoms with E-state index in [2.05, 4.69) is 15.0 Å². The number of benzene rings is 1. The Hall–Kier alpha value is -2.89. The van der Waals surface area contributed by atoms with Gasteiger partial charge in [-0.05, 0) is 24.3 Å². The largest absolute Gasteiger partial charge is 0.418 e. The zero-order chi connectivity index (χ0) is 13.7. The minimum absolute atomic E-state index is 0.295. The molecule has 0 atom stereocenters. The van der Waals surface area contributed by atoms with Crippen LogP contribution < -0.4 is 5.76 Å². The molecule has 0 spiro atoms. The van der Waals surface area contributed by atoms with E-state index >= 15 is 0 Å². The first-order chi connectivity index (χ1) is 9.70. The van der Waals surface area contributed by atoms with Crippen LogP contribution in [0.15, 0.2) is 45.9 Å². The fourth-order valence-corrected chi connectivity index (χ4v) is 2.32. The van der Waals surface area contributed by atoms with Crippen LogP contribution in [0, 0.1) is 5.82 Å². The molecule has 0 aliphatic carbocycles. The number of hydrogen-bond donors (Lipinski definition) is 2. The van der Waals surface area contributed by atoms with Gasteiger partial charge in [-0.2, -0.15) is 0 Å². The molecule has 2 N–H and O–H groups in total. The highest BCUT2D eigenvalue weighted by atomic mass is 19.1. The summed E-state index contributed by atoms with van der Waals surface area (Å²) in [6, 6.07) is 6.27. The first-order valence-corrected chi connectivity index (χ1v) is 5.96. The minimum Gasteiger partial charge on any atom is -0.406 e. The minimum atomic E-state index is -0.536. The molecule has 0 unspecified atom stereocenters. The Morgan fingerprint density at radius 2 is 2.15 bits per heavy atom. The lowest BCUT2D eigenvalue weighted by molar-refractivity contribution is 0.555. The number of aromatic nitrogens is 3. The molecule has 20 heavy (non-hydrogen) atoms. The van der Waals surface area contributed by atoms with E-state index in [1.54, 1.807) is 24.5 Å². The van der Waals surface area contributed by atoms with Crippen molar-refractivity contribution in [3.05, 3.63) is 53.0 Å². The van der Waals surface area contributed by atoms with E-state index < -0.39 is 5.76 Å². The van der Waals surface area contributed by atoms with Gasteiger partial charge in [0.15, 0.2) is 11.2 Å². The van der Waals surface area contributed by atoms with Crippen LogP contribution in [-0.4, -0.2) is 15.0 Å². The quantitative estimate of drug-likeness (QED) is 0.558. The summed E-state index contributed by atoms with van der Waals surface area (Å²) < 4.78 is 18.2. The van der Waals surface area contributed by atoms with Crippen LogP contribution in [0.5, 0.6) is 0 Å². The van der Waals surface area contributed by atoms with Gasteiger partial charge in [-0.15, -0.1) is 0 Å². The highest BCUT2D eigenvalue weighted by Gasteiger charge is 2.10. The monoisotopic (exact) mass is 269 g/mol. The van der Waals surface area contributed by atoms with E-state index in [9.17, 15) is 9.18 Å². The molecule has 1 aromatic carbocycles. The number of aromatic amines is 2. The molecule has 0 radical (unpaired) electrons. The van der Waals surface area contributed by atoms with Gasteiger partial charge in [0, 0.05) is 34.4 Å². The summed E-state index contributed by atoms with van der Waals surface area (Å²) in [4.78, 5) is 20.8. The van der Waals surface area contributed by atoms with Crippen LogP contribution in [0.3, 0.4) is 0 Å². The molecular weight excluding hydrogens is 261 g/mol. The third-order valence-electron chi connectivity index (χ3n) is 3.23. The van der Waals surface area contributed by atoms with E-state index in [4.69, 9.17) is 4.42 Å². The number of halogens is 1. The van der Waals surface area contributed by atoms with Crippen LogP contribution in [0.2, 0.25) is 0 Å². The summed E-state index contributed by atoms with van der Waals surface area (Å²) in [7, 11) is 0. The van der Waals surface area contributed by atoms with Crippen molar-refractivity contribution in [3.63, 3.8) is 0 Å². The van der Waals surface area contributed by atoms with Gasteiger partial charge in [0.1, 0.15) is 5.82 Å². The van der Waals surface area contributed by atoms with Crippen molar-refractivity contribution in [3.8, 4) is 11.1 Å². The molecule has 4 aromatic rings. The number of rotatable bonds is 1. The molecule has 0 saturated carbocycles. The lowest BCUT2D eigenvalue weighted by atomic mass is 10.1. The van der Waals surface area contributed by atoms with Crippen molar-refractivity contribution in [2.75, 3.05) is 0 Å². The predicted octanol–water partition coefficient (Wildman–Crippen LogP) is 2.80. The number of nitrogens with one attached hydrogen (secondary N) is 2. The van der Waals surface area contributed by atoms with Gasteiger partial charge in [-0.3, -0.25) is 4.98 Å². The van der Waals surface area contributed by atoms with Gasteiger partial charge < -0.3 is 9.40 Å². The zero-order valence-corrected chi connectivity index (χ0v) is 10.1. The van der Waals surface area contributed by atoms with Crippen molar-refractivity contribution in [1.29, 1.82) is 0 Å². The summed E-state index contributed by atoms with van der Waals surface area (Å²) >= 11 is 0. The maximum atomic E-state index is 13.2. The van der Waals surface area contributed by atoms with Crippen LogP contribution in [0.1, 0.15) is 0 Å². The van der Waals surface area contributed by atoms with Gasteiger partial charge in [-0.1, -0.05) is 0 Å². The van der Waals surface area contributed by atoms with E-state index in [0.29, 0.717) is 16.7 Å². The molecule has 3 heterocycles. The predicted molar refractivity (Wildman–Crippen MR) is 71.9 cm³/mol. The van der Waals surface area contributed by atoms with E-state index in [-0.39, 0.29) is 5.82 Å². The standard InChI is InChI=1S/C14H8FN3O2/c15-8-1-2-9-10(6-16-11(9)4-8)7-3-12-13(17-5-7)18-14(19)20-12/h1-6,16H,(H,17,18,19). The highest BCUT2D eigenvalue weighted by Crippen LogP contribution is 2.29. The van der Waals surface area contributed by atoms with E-state index in [0.717, 1.165) is 16.5 Å². The molecule has 0 aliphatic rings. The summed E-state index contributed by atoms with van der Waals surface area (Å²) in [5.41, 5.74) is 3.17. The number of nitrogens with zero attached hydrogens (tertiary/aromatic N) is 1. The third kappa shape index (κ3) is 1.55. The number of hydrogen-bond acceptors (Lipinski definition) is 3. The SMILES string of the molecule is O=c1[nH]c2ncc(-c3c[nH]c4cc(F)ccc34)cc2o1. The molecule has 0 aliphatic heterocycles. The second kappa shape index (κ2) is 3.80. The Labute approximate surface area is 111 Å². The lowest BCUT2D eigenvalue weighted by Crippen LogP contribution is -1.93. The first kappa shape index (κ1) is 11.0. The molecule has 0 fully saturated rings. The zero-order valence-electron chi connectivity index (χ0n) is 10.1. The van der Waals surface area contributed by atoms with Crippen LogP contribution >= 0.6 is 0 Å². The molecule has 4 rings (SSSR count). The molecule has 5 nitrogen and oxygen atoms in total. The van der Waals surface area contributed by atoms with Crippen molar-refractivity contribution in [2.45, 2.75) is 0 Å². The first-order valence-electron chi connectivity index (χ1n) is 5.96. The summed E-state index contributed by atoms with van der Waals surface area (Å²) in [6.07, 6.45) is 3.41. The summed E-state index contributed by atoms with van der Waals surface area (Å²) in [5, 5.41) is 0.880. The fraction of sp³-hybridized carbons (Fsp3) is 0. The van der Waals surface area contributed by atoms with Crippen LogP contribution in [0.25, 0.3) is 33.3 Å². The molecular formula is C14H8FN3O2. The van der Waals surface area contributed by atoms with Gasteiger partial charge in [0.25, 0.3) is 0 Å². The van der Waals surface area contributed by atoms with Gasteiger partial charge in [0.05, 0.1) is 0 Å². The molecule has 0 bridgehead atoms. The Kier molecular flexibility index (Phi) is 2.09. The van der Waals surface area contributed by atoms with Crippen molar-refractivity contribution in [2.24, 2.45) is 0 Å². The van der Waals surface area contributed by atoms with Crippen molar-refractivity contribution >= 4 is 22.1 Å². The molecule has 6 heteroatoms. The third-order valence-corrected chi connectivity index (χ3v) is 3.23. The van der Waals surface area contributed by atoms with Gasteiger partial charge >= 0.3 is 5.76 Å². The van der Waals surface area contributed by atoms with Gasteiger partial charge in [0.2, 0.25) is 0 Å². The molecule has 3 aromatic heterocycles. The Balaban J connectivity index is 1.98. The topological polar surface area (TPSA) is 74.7 Å². The number of fused-ring (bicyclic) bond motifs is 2. The summed E-state index contributed by atoms with van der Waals surface area (Å²) in [6.45, 7) is 0. The average molecular weight is 269 g/mol. The fourth-order valence-electron chi connectivity index (χ4n) is 2.32. The Morgan fingerprint density at radius 3 is 3.05 bits per heavy atom. The molecule has 0 saturated heterocycles. The molecule has 98 valence electrons. The van der Waals surface area contributed by atoms with E-state index in [1.165, 1.54) is 12.1 Å².